The molecule has 0 atom stereocenters. The van der Waals surface area contributed by atoms with Gasteiger partial charge in [-0.3, -0.25) is 14.9 Å². The monoisotopic (exact) mass is 286 g/mol. The number of para-hydroxylation sites is 1. The Hall–Kier alpha value is -2.47. The van der Waals surface area contributed by atoms with Crippen LogP contribution in [0.1, 0.15) is 15.2 Å². The Morgan fingerprint density at radius 2 is 2.15 bits per heavy atom. The Bertz CT molecular complexity index is 851. The summed E-state index contributed by atoms with van der Waals surface area (Å²) in [7, 11) is 0. The molecule has 1 N–H and O–H groups in total. The number of nitrogens with zero attached hydrogens (tertiary/aromatic N) is 1. The lowest BCUT2D eigenvalue weighted by Crippen LogP contribution is -2.21. The van der Waals surface area contributed by atoms with Gasteiger partial charge in [0.1, 0.15) is 17.4 Å². The Morgan fingerprint density at radius 1 is 1.35 bits per heavy atom. The summed E-state index contributed by atoms with van der Waals surface area (Å²) in [4.78, 5) is 29.3. The van der Waals surface area contributed by atoms with E-state index in [0.29, 0.717) is 16.1 Å². The van der Waals surface area contributed by atoms with Gasteiger partial charge in [0.2, 0.25) is 5.43 Å². The van der Waals surface area contributed by atoms with Gasteiger partial charge in [0, 0.05) is 11.1 Å². The van der Waals surface area contributed by atoms with Gasteiger partial charge in [0.15, 0.2) is 5.13 Å². The molecule has 1 aromatic carbocycles. The summed E-state index contributed by atoms with van der Waals surface area (Å²) in [6.45, 7) is 1.89. The number of hydrogen-bond acceptors (Lipinski definition) is 5. The zero-order valence-electron chi connectivity index (χ0n) is 10.5. The van der Waals surface area contributed by atoms with Crippen LogP contribution in [-0.4, -0.2) is 10.9 Å². The molecule has 0 unspecified atom stereocenters. The Balaban J connectivity index is 1.99. The molecule has 0 aliphatic rings. The first-order chi connectivity index (χ1) is 9.65. The van der Waals surface area contributed by atoms with Gasteiger partial charge in [-0.25, -0.2) is 4.98 Å². The van der Waals surface area contributed by atoms with Gasteiger partial charge in [-0.05, 0) is 19.1 Å². The number of rotatable bonds is 2. The molecule has 2 aromatic heterocycles. The Labute approximate surface area is 117 Å². The van der Waals surface area contributed by atoms with E-state index in [-0.39, 0.29) is 11.0 Å². The first-order valence-corrected chi connectivity index (χ1v) is 6.71. The van der Waals surface area contributed by atoms with E-state index < -0.39 is 5.91 Å². The molecule has 5 nitrogen and oxygen atoms in total. The molecule has 0 aliphatic heterocycles. The minimum absolute atomic E-state index is 0.0310. The van der Waals surface area contributed by atoms with Crippen LogP contribution in [0.4, 0.5) is 5.13 Å². The number of carbonyl (C=O) groups excluding carboxylic acids is 1. The third-order valence-corrected chi connectivity index (χ3v) is 3.59. The van der Waals surface area contributed by atoms with E-state index in [2.05, 4.69) is 10.3 Å². The summed E-state index contributed by atoms with van der Waals surface area (Å²) >= 11 is 1.34. The van der Waals surface area contributed by atoms with E-state index in [1.54, 1.807) is 30.5 Å². The molecule has 3 aromatic rings. The van der Waals surface area contributed by atoms with E-state index in [1.165, 1.54) is 17.6 Å². The van der Waals surface area contributed by atoms with E-state index in [1.807, 2.05) is 6.92 Å². The normalized spacial score (nSPS) is 10.7. The third-order valence-electron chi connectivity index (χ3n) is 2.77. The number of anilines is 1. The summed E-state index contributed by atoms with van der Waals surface area (Å²) in [5.74, 6) is -0.515. The summed E-state index contributed by atoms with van der Waals surface area (Å²) in [6.07, 6.45) is 2.84. The topological polar surface area (TPSA) is 72.2 Å². The second-order valence-electron chi connectivity index (χ2n) is 4.20. The largest absolute Gasteiger partial charge is 0.463 e. The lowest BCUT2D eigenvalue weighted by Gasteiger charge is -2.02. The SMILES string of the molecule is Cc1cnc(NC(=O)c2coc3ccccc3c2=O)s1. The molecule has 0 saturated carbocycles. The average Bonchev–Trinajstić information content (AvgIpc) is 2.84. The number of benzene rings is 1. The van der Waals surface area contributed by atoms with Crippen LogP contribution in [0.25, 0.3) is 11.0 Å². The van der Waals surface area contributed by atoms with Gasteiger partial charge in [0.05, 0.1) is 5.39 Å². The van der Waals surface area contributed by atoms with Crippen molar-refractivity contribution in [2.75, 3.05) is 5.32 Å². The van der Waals surface area contributed by atoms with Crippen LogP contribution in [0.2, 0.25) is 0 Å². The molecular formula is C14H10N2O3S. The number of fused-ring (bicyclic) bond motifs is 1. The molecule has 1 amide bonds. The minimum Gasteiger partial charge on any atom is -0.463 e. The zero-order valence-corrected chi connectivity index (χ0v) is 11.4. The van der Waals surface area contributed by atoms with Crippen molar-refractivity contribution in [2.24, 2.45) is 0 Å². The Morgan fingerprint density at radius 3 is 2.90 bits per heavy atom. The van der Waals surface area contributed by atoms with Gasteiger partial charge in [-0.2, -0.15) is 0 Å². The summed E-state index contributed by atoms with van der Waals surface area (Å²) < 4.78 is 5.31. The van der Waals surface area contributed by atoms with Gasteiger partial charge in [0.25, 0.3) is 5.91 Å². The minimum atomic E-state index is -0.515. The molecule has 0 fully saturated rings. The van der Waals surface area contributed by atoms with E-state index in [4.69, 9.17) is 4.42 Å². The molecule has 3 rings (SSSR count). The number of hydrogen-bond donors (Lipinski definition) is 1. The van der Waals surface area contributed by atoms with Crippen molar-refractivity contribution in [1.82, 2.24) is 4.98 Å². The second-order valence-corrected chi connectivity index (χ2v) is 5.44. The fourth-order valence-electron chi connectivity index (χ4n) is 1.81. The molecule has 0 spiro atoms. The second kappa shape index (κ2) is 4.90. The Kier molecular flexibility index (Phi) is 3.08. The molecule has 2 heterocycles. The number of amides is 1. The molecule has 0 aliphatic carbocycles. The van der Waals surface area contributed by atoms with Crippen molar-refractivity contribution in [3.05, 3.63) is 57.4 Å². The third kappa shape index (κ3) is 2.21. The summed E-state index contributed by atoms with van der Waals surface area (Å²) in [5, 5.41) is 3.44. The first-order valence-electron chi connectivity index (χ1n) is 5.89. The highest BCUT2D eigenvalue weighted by atomic mass is 32.1. The molecule has 20 heavy (non-hydrogen) atoms. The fraction of sp³-hybridized carbons (Fsp3) is 0.0714. The maximum atomic E-state index is 12.2. The van der Waals surface area contributed by atoms with Crippen molar-refractivity contribution in [2.45, 2.75) is 6.92 Å². The molecule has 0 saturated heterocycles. The standard InChI is InChI=1S/C14H10N2O3S/c1-8-6-15-14(20-8)16-13(18)10-7-19-11-5-3-2-4-9(11)12(10)17/h2-7H,1H3,(H,15,16,18). The predicted molar refractivity (Wildman–Crippen MR) is 77.3 cm³/mol. The highest BCUT2D eigenvalue weighted by Crippen LogP contribution is 2.17. The number of carbonyl (C=O) groups is 1. The summed E-state index contributed by atoms with van der Waals surface area (Å²) in [5.41, 5.74) is 0.0772. The molecule has 0 radical (unpaired) electrons. The fourth-order valence-corrected chi connectivity index (χ4v) is 2.47. The average molecular weight is 286 g/mol. The molecular weight excluding hydrogens is 276 g/mol. The highest BCUT2D eigenvalue weighted by molar-refractivity contribution is 7.15. The van der Waals surface area contributed by atoms with Crippen LogP contribution >= 0.6 is 11.3 Å². The van der Waals surface area contributed by atoms with E-state index in [9.17, 15) is 9.59 Å². The van der Waals surface area contributed by atoms with Crippen LogP contribution in [0.15, 0.2) is 45.9 Å². The van der Waals surface area contributed by atoms with Crippen molar-refractivity contribution in [3.8, 4) is 0 Å². The van der Waals surface area contributed by atoms with Crippen molar-refractivity contribution >= 4 is 33.3 Å². The van der Waals surface area contributed by atoms with Gasteiger partial charge in [-0.1, -0.05) is 12.1 Å². The van der Waals surface area contributed by atoms with Crippen LogP contribution in [-0.2, 0) is 0 Å². The van der Waals surface area contributed by atoms with Crippen LogP contribution in [0.5, 0.6) is 0 Å². The van der Waals surface area contributed by atoms with Gasteiger partial charge >= 0.3 is 0 Å². The molecule has 6 heteroatoms. The van der Waals surface area contributed by atoms with Crippen LogP contribution in [0.3, 0.4) is 0 Å². The lowest BCUT2D eigenvalue weighted by atomic mass is 10.1. The predicted octanol–water partition coefficient (Wildman–Crippen LogP) is 2.81. The van der Waals surface area contributed by atoms with Crippen molar-refractivity contribution < 1.29 is 9.21 Å². The summed E-state index contributed by atoms with van der Waals surface area (Å²) in [6, 6.07) is 6.81. The maximum absolute atomic E-state index is 12.2. The van der Waals surface area contributed by atoms with Gasteiger partial charge < -0.3 is 4.42 Å². The van der Waals surface area contributed by atoms with Crippen molar-refractivity contribution in [1.29, 1.82) is 0 Å². The zero-order chi connectivity index (χ0) is 14.1. The quantitative estimate of drug-likeness (QED) is 0.786. The van der Waals surface area contributed by atoms with Gasteiger partial charge in [-0.15, -0.1) is 11.3 Å². The van der Waals surface area contributed by atoms with Crippen LogP contribution in [0, 0.1) is 6.92 Å². The van der Waals surface area contributed by atoms with Crippen LogP contribution < -0.4 is 10.7 Å². The lowest BCUT2D eigenvalue weighted by molar-refractivity contribution is 0.102. The van der Waals surface area contributed by atoms with E-state index >= 15 is 0 Å². The number of aryl methyl sites for hydroxylation is 1. The number of aromatic nitrogens is 1. The smallest absolute Gasteiger partial charge is 0.264 e. The molecule has 0 bridgehead atoms. The van der Waals surface area contributed by atoms with Crippen molar-refractivity contribution in [3.63, 3.8) is 0 Å². The maximum Gasteiger partial charge on any atom is 0.264 e. The number of nitrogens with one attached hydrogen (secondary N) is 1. The molecule has 100 valence electrons. The van der Waals surface area contributed by atoms with E-state index in [0.717, 1.165) is 4.88 Å². The highest BCUT2D eigenvalue weighted by Gasteiger charge is 2.15. The first kappa shape index (κ1) is 12.6. The number of thiazole rings is 1.